The van der Waals surface area contributed by atoms with E-state index in [1.165, 1.54) is 0 Å². The van der Waals surface area contributed by atoms with Crippen LogP contribution in [-0.2, 0) is 23.9 Å². The van der Waals surface area contributed by atoms with Crippen LogP contribution in [0.3, 0.4) is 0 Å². The summed E-state index contributed by atoms with van der Waals surface area (Å²) in [6.07, 6.45) is -0.167. The number of benzene rings is 1. The van der Waals surface area contributed by atoms with E-state index < -0.39 is 27.9 Å². The third-order valence-corrected chi connectivity index (χ3v) is 3.08. The van der Waals surface area contributed by atoms with Crippen LogP contribution in [0.25, 0.3) is 0 Å². The Morgan fingerprint density at radius 2 is 1.83 bits per heavy atom. The zero-order valence-electron chi connectivity index (χ0n) is 13.7. The Morgan fingerprint density at radius 1 is 1.22 bits per heavy atom. The van der Waals surface area contributed by atoms with E-state index in [0.29, 0.717) is 5.56 Å². The number of hydroxylamine groups is 1. The van der Waals surface area contributed by atoms with Crippen LogP contribution >= 0.6 is 0 Å². The summed E-state index contributed by atoms with van der Waals surface area (Å²) in [5.41, 5.74) is 2.22. The summed E-state index contributed by atoms with van der Waals surface area (Å²) < 4.78 is 32.8. The van der Waals surface area contributed by atoms with Crippen molar-refractivity contribution < 1.29 is 27.0 Å². The molecule has 0 aliphatic carbocycles. The molecule has 0 unspecified atom stereocenters. The lowest BCUT2D eigenvalue weighted by Gasteiger charge is -2.20. The van der Waals surface area contributed by atoms with E-state index in [-0.39, 0.29) is 13.0 Å². The number of carbonyl (C=O) groups excluding carboxylic acids is 1. The first kappa shape index (κ1) is 19.4. The standard InChI is InChI=1S/C15H23NO6S/c1-15(2,3)21-14(17)16-20-11-10-13(22-23(4,18)19)12-8-6-5-7-9-12/h5-9,13H,10-11H2,1-4H3,(H,16,17)/t13-/m1/s1. The van der Waals surface area contributed by atoms with Crippen LogP contribution in [0.4, 0.5) is 4.79 Å². The lowest BCUT2D eigenvalue weighted by atomic mass is 10.1. The Morgan fingerprint density at radius 3 is 2.35 bits per heavy atom. The van der Waals surface area contributed by atoms with Crippen molar-refractivity contribution in [2.45, 2.75) is 38.9 Å². The summed E-state index contributed by atoms with van der Waals surface area (Å²) in [6, 6.07) is 8.91. The van der Waals surface area contributed by atoms with Gasteiger partial charge >= 0.3 is 6.09 Å². The third-order valence-electron chi connectivity index (χ3n) is 2.50. The van der Waals surface area contributed by atoms with Crippen molar-refractivity contribution in [1.82, 2.24) is 5.48 Å². The zero-order chi connectivity index (χ0) is 17.5. The Hall–Kier alpha value is -1.64. The third kappa shape index (κ3) is 9.17. The molecule has 8 heteroatoms. The van der Waals surface area contributed by atoms with Crippen molar-refractivity contribution in [2.75, 3.05) is 12.9 Å². The van der Waals surface area contributed by atoms with Gasteiger partial charge in [0.1, 0.15) is 11.7 Å². The molecule has 0 aliphatic heterocycles. The van der Waals surface area contributed by atoms with E-state index in [4.69, 9.17) is 13.8 Å². The van der Waals surface area contributed by atoms with Gasteiger partial charge in [-0.05, 0) is 26.3 Å². The van der Waals surface area contributed by atoms with E-state index >= 15 is 0 Å². The number of ether oxygens (including phenoxy) is 1. The molecular formula is C15H23NO6S. The predicted molar refractivity (Wildman–Crippen MR) is 85.1 cm³/mol. The van der Waals surface area contributed by atoms with Gasteiger partial charge in [0.25, 0.3) is 10.1 Å². The molecule has 0 saturated heterocycles. The van der Waals surface area contributed by atoms with Crippen molar-refractivity contribution in [3.05, 3.63) is 35.9 Å². The number of amides is 1. The summed E-state index contributed by atoms with van der Waals surface area (Å²) in [5.74, 6) is 0. The first-order chi connectivity index (χ1) is 10.6. The highest BCUT2D eigenvalue weighted by molar-refractivity contribution is 7.86. The minimum absolute atomic E-state index is 0.0638. The molecule has 0 bridgehead atoms. The number of hydrogen-bond acceptors (Lipinski definition) is 6. The van der Waals surface area contributed by atoms with Gasteiger partial charge in [0, 0.05) is 6.42 Å². The molecule has 0 radical (unpaired) electrons. The number of carbonyl (C=O) groups is 1. The minimum atomic E-state index is -3.62. The summed E-state index contributed by atoms with van der Waals surface area (Å²) in [4.78, 5) is 16.4. The summed E-state index contributed by atoms with van der Waals surface area (Å²) >= 11 is 0. The highest BCUT2D eigenvalue weighted by atomic mass is 32.2. The van der Waals surface area contributed by atoms with Gasteiger partial charge in [-0.25, -0.2) is 4.79 Å². The molecule has 0 saturated carbocycles. The number of hydrogen-bond donors (Lipinski definition) is 1. The molecule has 7 nitrogen and oxygen atoms in total. The smallest absolute Gasteiger partial charge is 0.431 e. The maximum Gasteiger partial charge on any atom is 0.431 e. The van der Waals surface area contributed by atoms with Crippen LogP contribution < -0.4 is 5.48 Å². The molecule has 1 aromatic carbocycles. The molecule has 0 fully saturated rings. The average molecular weight is 345 g/mol. The molecule has 0 spiro atoms. The highest BCUT2D eigenvalue weighted by Gasteiger charge is 2.19. The molecule has 1 amide bonds. The fraction of sp³-hybridized carbons (Fsp3) is 0.533. The molecule has 1 rings (SSSR count). The van der Waals surface area contributed by atoms with Gasteiger partial charge in [0.2, 0.25) is 0 Å². The monoisotopic (exact) mass is 345 g/mol. The molecular weight excluding hydrogens is 322 g/mol. The minimum Gasteiger partial charge on any atom is -0.442 e. The van der Waals surface area contributed by atoms with E-state index in [9.17, 15) is 13.2 Å². The van der Waals surface area contributed by atoms with Crippen LogP contribution in [0.1, 0.15) is 38.9 Å². The summed E-state index contributed by atoms with van der Waals surface area (Å²) in [7, 11) is -3.62. The van der Waals surface area contributed by atoms with Gasteiger partial charge in [0.05, 0.1) is 12.9 Å². The van der Waals surface area contributed by atoms with Crippen molar-refractivity contribution in [2.24, 2.45) is 0 Å². The van der Waals surface area contributed by atoms with E-state index in [0.717, 1.165) is 6.26 Å². The van der Waals surface area contributed by atoms with Crippen molar-refractivity contribution in [1.29, 1.82) is 0 Å². The van der Waals surface area contributed by atoms with Gasteiger partial charge in [-0.3, -0.25) is 9.02 Å². The van der Waals surface area contributed by atoms with Crippen molar-refractivity contribution in [3.63, 3.8) is 0 Å². The predicted octanol–water partition coefficient (Wildman–Crippen LogP) is 2.55. The normalized spacial score (nSPS) is 13.4. The Balaban J connectivity index is 2.51. The van der Waals surface area contributed by atoms with E-state index in [1.54, 1.807) is 45.0 Å². The van der Waals surface area contributed by atoms with E-state index in [2.05, 4.69) is 5.48 Å². The first-order valence-corrected chi connectivity index (χ1v) is 8.92. The molecule has 130 valence electrons. The second-order valence-corrected chi connectivity index (χ2v) is 7.54. The van der Waals surface area contributed by atoms with E-state index in [1.807, 2.05) is 6.07 Å². The molecule has 0 aromatic heterocycles. The SMILES string of the molecule is CC(C)(C)OC(=O)NOCC[C@@H](OS(C)(=O)=O)c1ccccc1. The summed E-state index contributed by atoms with van der Waals surface area (Å²) in [6.45, 7) is 5.27. The second-order valence-electron chi connectivity index (χ2n) is 5.94. The summed E-state index contributed by atoms with van der Waals surface area (Å²) in [5, 5.41) is 0. The Bertz CT molecular complexity index is 594. The fourth-order valence-corrected chi connectivity index (χ4v) is 2.35. The van der Waals surface area contributed by atoms with Crippen LogP contribution in [0.2, 0.25) is 0 Å². The fourth-order valence-electron chi connectivity index (χ4n) is 1.72. The van der Waals surface area contributed by atoms with Crippen LogP contribution in [-0.4, -0.2) is 33.0 Å². The Labute approximate surface area is 137 Å². The van der Waals surface area contributed by atoms with Gasteiger partial charge in [-0.15, -0.1) is 0 Å². The largest absolute Gasteiger partial charge is 0.442 e. The maximum absolute atomic E-state index is 11.4. The molecule has 1 aromatic rings. The first-order valence-electron chi connectivity index (χ1n) is 7.11. The quantitative estimate of drug-likeness (QED) is 0.464. The van der Waals surface area contributed by atoms with Crippen LogP contribution in [0.5, 0.6) is 0 Å². The van der Waals surface area contributed by atoms with Gasteiger partial charge in [0.15, 0.2) is 0 Å². The molecule has 1 N–H and O–H groups in total. The van der Waals surface area contributed by atoms with Gasteiger partial charge < -0.3 is 4.74 Å². The molecule has 23 heavy (non-hydrogen) atoms. The average Bonchev–Trinajstić information content (AvgIpc) is 2.40. The van der Waals surface area contributed by atoms with Gasteiger partial charge in [-0.1, -0.05) is 30.3 Å². The molecule has 0 heterocycles. The lowest BCUT2D eigenvalue weighted by molar-refractivity contribution is -0.0142. The topological polar surface area (TPSA) is 90.9 Å². The molecule has 1 atom stereocenters. The van der Waals surface area contributed by atoms with Crippen molar-refractivity contribution >= 4 is 16.2 Å². The van der Waals surface area contributed by atoms with Crippen LogP contribution in [0.15, 0.2) is 30.3 Å². The van der Waals surface area contributed by atoms with Crippen LogP contribution in [0, 0.1) is 0 Å². The maximum atomic E-state index is 11.4. The lowest BCUT2D eigenvalue weighted by Crippen LogP contribution is -2.33. The van der Waals surface area contributed by atoms with Gasteiger partial charge in [-0.2, -0.15) is 13.9 Å². The van der Waals surface area contributed by atoms with Crippen molar-refractivity contribution in [3.8, 4) is 0 Å². The molecule has 0 aliphatic rings. The highest BCUT2D eigenvalue weighted by Crippen LogP contribution is 2.22. The Kier molecular flexibility index (Phi) is 6.99. The second kappa shape index (κ2) is 8.28. The number of nitrogens with one attached hydrogen (secondary N) is 1. The number of rotatable bonds is 7. The zero-order valence-corrected chi connectivity index (χ0v) is 14.6.